The van der Waals surface area contributed by atoms with Gasteiger partial charge in [-0.05, 0) is 23.8 Å². The van der Waals surface area contributed by atoms with E-state index >= 15 is 0 Å². The van der Waals surface area contributed by atoms with Crippen LogP contribution in [0.5, 0.6) is 5.75 Å². The number of sulfonamides is 2. The van der Waals surface area contributed by atoms with Crippen LogP contribution in [0.25, 0.3) is 0 Å². The second-order valence-corrected chi connectivity index (χ2v) is 10.7. The number of carbonyl (C=O) groups is 1. The van der Waals surface area contributed by atoms with Crippen molar-refractivity contribution in [2.75, 3.05) is 24.2 Å². The largest absolute Gasteiger partial charge is 0.495 e. The molecule has 1 saturated heterocycles. The summed E-state index contributed by atoms with van der Waals surface area (Å²) in [5, 5.41) is 0. The minimum absolute atomic E-state index is 0.0214. The molecule has 0 saturated carbocycles. The number of rotatable bonds is 6. The highest BCUT2D eigenvalue weighted by Crippen LogP contribution is 2.35. The maximum Gasteiger partial charge on any atom is 0.246 e. The number of nitrogens with zero attached hydrogens (tertiary/aromatic N) is 2. The van der Waals surface area contributed by atoms with Crippen molar-refractivity contribution in [1.82, 2.24) is 4.31 Å². The zero-order valence-corrected chi connectivity index (χ0v) is 17.9. The third-order valence-corrected chi connectivity index (χ3v) is 8.37. The van der Waals surface area contributed by atoms with Gasteiger partial charge >= 0.3 is 0 Å². The molecule has 0 aliphatic carbocycles. The van der Waals surface area contributed by atoms with E-state index in [0.29, 0.717) is 4.31 Å². The van der Waals surface area contributed by atoms with Gasteiger partial charge in [-0.2, -0.15) is 4.31 Å². The predicted octanol–water partition coefficient (Wildman–Crippen LogP) is 1.83. The van der Waals surface area contributed by atoms with Crippen LogP contribution in [0.1, 0.15) is 12.5 Å². The molecule has 0 radical (unpaired) electrons. The number of carbonyl (C=O) groups excluding carboxylic acids is 1. The topological polar surface area (TPSA) is 101 Å². The van der Waals surface area contributed by atoms with Gasteiger partial charge in [0.15, 0.2) is 0 Å². The Hall–Kier alpha value is -2.43. The Labute approximate surface area is 170 Å². The summed E-state index contributed by atoms with van der Waals surface area (Å²) in [5.74, 6) is -1.53. The van der Waals surface area contributed by atoms with Crippen LogP contribution < -0.4 is 9.04 Å². The molecule has 10 heteroatoms. The Morgan fingerprint density at radius 1 is 1.17 bits per heavy atom. The van der Waals surface area contributed by atoms with Crippen molar-refractivity contribution < 1.29 is 26.4 Å². The lowest BCUT2D eigenvalue weighted by Crippen LogP contribution is -2.31. The van der Waals surface area contributed by atoms with Gasteiger partial charge in [-0.15, -0.1) is 0 Å². The van der Waals surface area contributed by atoms with Crippen LogP contribution in [-0.4, -0.2) is 47.0 Å². The third kappa shape index (κ3) is 4.00. The SMILES string of the molecule is COc1ccc(N2C(=O)[C@H](C)CS2(=O)=O)cc1S(=O)(=O)N(C)Cc1ccccc1. The highest BCUT2D eigenvalue weighted by Gasteiger charge is 2.42. The number of amides is 1. The summed E-state index contributed by atoms with van der Waals surface area (Å²) in [6, 6.07) is 12.9. The van der Waals surface area contributed by atoms with E-state index in [9.17, 15) is 21.6 Å². The molecule has 1 fully saturated rings. The number of anilines is 1. The molecule has 3 rings (SSSR count). The number of hydrogen-bond donors (Lipinski definition) is 0. The van der Waals surface area contributed by atoms with Gasteiger partial charge in [0, 0.05) is 13.6 Å². The first kappa shape index (κ1) is 21.3. The molecule has 8 nitrogen and oxygen atoms in total. The Kier molecular flexibility index (Phi) is 5.70. The molecule has 0 unspecified atom stereocenters. The molecular weight excluding hydrogens is 416 g/mol. The summed E-state index contributed by atoms with van der Waals surface area (Å²) in [7, 11) is -5.13. The second-order valence-electron chi connectivity index (χ2n) is 6.86. The average Bonchev–Trinajstić information content (AvgIpc) is 2.88. The summed E-state index contributed by atoms with van der Waals surface area (Å²) in [5.41, 5.74) is 0.770. The average molecular weight is 439 g/mol. The summed E-state index contributed by atoms with van der Waals surface area (Å²) in [4.78, 5) is 12.2. The van der Waals surface area contributed by atoms with Crippen molar-refractivity contribution in [2.24, 2.45) is 5.92 Å². The lowest BCUT2D eigenvalue weighted by atomic mass is 10.2. The summed E-state index contributed by atoms with van der Waals surface area (Å²) in [6.45, 7) is 1.64. The van der Waals surface area contributed by atoms with E-state index in [-0.39, 0.29) is 28.6 Å². The van der Waals surface area contributed by atoms with Crippen LogP contribution in [0.4, 0.5) is 5.69 Å². The highest BCUT2D eigenvalue weighted by atomic mass is 32.2. The standard InChI is InChI=1S/C19H22N2O6S2/c1-14-13-28(23,24)21(19(14)22)16-9-10-17(27-3)18(11-16)29(25,26)20(2)12-15-7-5-4-6-8-15/h4-11,14H,12-13H2,1-3H3/t14-/m1/s1. The molecular formula is C19H22N2O6S2. The number of ether oxygens (including phenoxy) is 1. The monoisotopic (exact) mass is 438 g/mol. The van der Waals surface area contributed by atoms with Crippen LogP contribution in [0.3, 0.4) is 0 Å². The van der Waals surface area contributed by atoms with Gasteiger partial charge in [-0.1, -0.05) is 37.3 Å². The fourth-order valence-electron chi connectivity index (χ4n) is 3.17. The van der Waals surface area contributed by atoms with E-state index in [4.69, 9.17) is 4.74 Å². The summed E-state index contributed by atoms with van der Waals surface area (Å²) in [6.07, 6.45) is 0. The smallest absolute Gasteiger partial charge is 0.246 e. The first-order chi connectivity index (χ1) is 13.6. The highest BCUT2D eigenvalue weighted by molar-refractivity contribution is 7.94. The molecule has 0 bridgehead atoms. The third-order valence-electron chi connectivity index (χ3n) is 4.68. The lowest BCUT2D eigenvalue weighted by Gasteiger charge is -2.21. The normalized spacial score (nSPS) is 19.0. The van der Waals surface area contributed by atoms with E-state index in [2.05, 4.69) is 0 Å². The Balaban J connectivity index is 2.04. The minimum atomic E-state index is -4.02. The van der Waals surface area contributed by atoms with Crippen LogP contribution in [-0.2, 0) is 31.4 Å². The molecule has 1 amide bonds. The van der Waals surface area contributed by atoms with Crippen molar-refractivity contribution in [3.8, 4) is 5.75 Å². The van der Waals surface area contributed by atoms with Crippen molar-refractivity contribution >= 4 is 31.6 Å². The zero-order chi connectivity index (χ0) is 21.4. The quantitative estimate of drug-likeness (QED) is 0.682. The van der Waals surface area contributed by atoms with Crippen LogP contribution in [0, 0.1) is 5.92 Å². The molecule has 1 heterocycles. The van der Waals surface area contributed by atoms with Crippen molar-refractivity contribution in [3.05, 3.63) is 54.1 Å². The molecule has 1 aliphatic heterocycles. The van der Waals surface area contributed by atoms with E-state index in [1.807, 2.05) is 18.2 Å². The van der Waals surface area contributed by atoms with Gasteiger partial charge < -0.3 is 4.74 Å². The fourth-order valence-corrected chi connectivity index (χ4v) is 6.32. The van der Waals surface area contributed by atoms with Crippen LogP contribution >= 0.6 is 0 Å². The van der Waals surface area contributed by atoms with Gasteiger partial charge in [0.25, 0.3) is 0 Å². The van der Waals surface area contributed by atoms with Gasteiger partial charge in [0.1, 0.15) is 10.6 Å². The predicted molar refractivity (Wildman–Crippen MR) is 109 cm³/mol. The molecule has 1 atom stereocenters. The number of methoxy groups -OCH3 is 1. The Morgan fingerprint density at radius 3 is 2.38 bits per heavy atom. The van der Waals surface area contributed by atoms with Crippen molar-refractivity contribution in [3.63, 3.8) is 0 Å². The first-order valence-electron chi connectivity index (χ1n) is 8.83. The fraction of sp³-hybridized carbons (Fsp3) is 0.316. The molecule has 29 heavy (non-hydrogen) atoms. The van der Waals surface area contributed by atoms with Gasteiger partial charge in [-0.3, -0.25) is 4.79 Å². The molecule has 156 valence electrons. The molecule has 0 aromatic heterocycles. The van der Waals surface area contributed by atoms with Crippen molar-refractivity contribution in [1.29, 1.82) is 0 Å². The second kappa shape index (κ2) is 7.77. The zero-order valence-electron chi connectivity index (χ0n) is 16.3. The maximum absolute atomic E-state index is 13.2. The van der Waals surface area contributed by atoms with Crippen molar-refractivity contribution in [2.45, 2.75) is 18.4 Å². The van der Waals surface area contributed by atoms with Crippen LogP contribution in [0.15, 0.2) is 53.4 Å². The van der Waals surface area contributed by atoms with Gasteiger partial charge in [-0.25, -0.2) is 21.1 Å². The molecule has 0 N–H and O–H groups in total. The van der Waals surface area contributed by atoms with E-state index in [0.717, 1.165) is 9.87 Å². The van der Waals surface area contributed by atoms with E-state index in [1.165, 1.54) is 39.3 Å². The first-order valence-corrected chi connectivity index (χ1v) is 11.9. The van der Waals surface area contributed by atoms with Crippen LogP contribution in [0.2, 0.25) is 0 Å². The number of hydrogen-bond acceptors (Lipinski definition) is 6. The maximum atomic E-state index is 13.2. The molecule has 0 spiro atoms. The summed E-state index contributed by atoms with van der Waals surface area (Å²) >= 11 is 0. The van der Waals surface area contributed by atoms with E-state index in [1.54, 1.807) is 12.1 Å². The Morgan fingerprint density at radius 2 is 1.83 bits per heavy atom. The van der Waals surface area contributed by atoms with Gasteiger partial charge in [0.2, 0.25) is 26.0 Å². The number of benzene rings is 2. The minimum Gasteiger partial charge on any atom is -0.495 e. The van der Waals surface area contributed by atoms with Gasteiger partial charge in [0.05, 0.1) is 24.5 Å². The Bertz CT molecular complexity index is 1130. The summed E-state index contributed by atoms with van der Waals surface area (Å²) < 4.78 is 58.2. The van der Waals surface area contributed by atoms with E-state index < -0.39 is 31.9 Å². The molecule has 2 aromatic carbocycles. The molecule has 1 aliphatic rings. The lowest BCUT2D eigenvalue weighted by molar-refractivity contribution is -0.119. The molecule has 2 aromatic rings.